The van der Waals surface area contributed by atoms with Gasteiger partial charge in [-0.2, -0.15) is 5.10 Å². The highest BCUT2D eigenvalue weighted by Gasteiger charge is 2.05. The first kappa shape index (κ1) is 15.9. The van der Waals surface area contributed by atoms with Crippen molar-refractivity contribution in [2.24, 2.45) is 5.10 Å². The standard InChI is InChI=1S/C17H14ClN5O/c18-14-8-6-13(7-9-14)11-19-22-17-20-16(24)15(21-23-17)10-12-4-2-1-3-5-12/h1-9,11H,10H2,(H2,20,22,23,24)/b19-11-. The molecule has 0 aliphatic heterocycles. The summed E-state index contributed by atoms with van der Waals surface area (Å²) >= 11 is 5.81. The van der Waals surface area contributed by atoms with E-state index in [-0.39, 0.29) is 11.5 Å². The molecule has 0 unspecified atom stereocenters. The van der Waals surface area contributed by atoms with E-state index in [1.807, 2.05) is 42.5 Å². The van der Waals surface area contributed by atoms with Crippen LogP contribution in [0.1, 0.15) is 16.8 Å². The summed E-state index contributed by atoms with van der Waals surface area (Å²) in [4.78, 5) is 14.7. The van der Waals surface area contributed by atoms with Crippen molar-refractivity contribution in [3.05, 3.63) is 86.8 Å². The summed E-state index contributed by atoms with van der Waals surface area (Å²) in [6.45, 7) is 0. The number of nitrogens with one attached hydrogen (secondary N) is 2. The average molecular weight is 340 g/mol. The molecule has 6 nitrogen and oxygen atoms in total. The molecule has 0 saturated heterocycles. The summed E-state index contributed by atoms with van der Waals surface area (Å²) in [6, 6.07) is 16.8. The van der Waals surface area contributed by atoms with Crippen molar-refractivity contribution in [3.8, 4) is 0 Å². The maximum Gasteiger partial charge on any atom is 0.274 e. The van der Waals surface area contributed by atoms with E-state index in [0.717, 1.165) is 11.1 Å². The fourth-order valence-corrected chi connectivity index (χ4v) is 2.16. The van der Waals surface area contributed by atoms with Gasteiger partial charge in [0.05, 0.1) is 6.21 Å². The Morgan fingerprint density at radius 2 is 1.83 bits per heavy atom. The Morgan fingerprint density at radius 1 is 1.08 bits per heavy atom. The molecule has 2 N–H and O–H groups in total. The van der Waals surface area contributed by atoms with Crippen LogP contribution in [0.5, 0.6) is 0 Å². The van der Waals surface area contributed by atoms with Crippen LogP contribution in [0.4, 0.5) is 5.95 Å². The molecule has 120 valence electrons. The normalized spacial score (nSPS) is 10.9. The predicted octanol–water partition coefficient (Wildman–Crippen LogP) is 2.86. The Labute approximate surface area is 143 Å². The molecular weight excluding hydrogens is 326 g/mol. The van der Waals surface area contributed by atoms with Gasteiger partial charge in [-0.3, -0.25) is 9.78 Å². The SMILES string of the molecule is O=c1[nH]c(N/N=C\c2ccc(Cl)cc2)nnc1Cc1ccccc1. The molecule has 0 aliphatic rings. The molecule has 0 saturated carbocycles. The zero-order valence-electron chi connectivity index (χ0n) is 12.6. The minimum absolute atomic E-state index is 0.182. The number of rotatable bonds is 5. The summed E-state index contributed by atoms with van der Waals surface area (Å²) < 4.78 is 0. The molecule has 24 heavy (non-hydrogen) atoms. The lowest BCUT2D eigenvalue weighted by atomic mass is 10.1. The molecule has 0 atom stereocenters. The summed E-state index contributed by atoms with van der Waals surface area (Å²) in [5.74, 6) is 0.182. The molecule has 3 aromatic rings. The van der Waals surface area contributed by atoms with Crippen LogP contribution in [-0.4, -0.2) is 21.4 Å². The molecule has 0 fully saturated rings. The number of halogens is 1. The first-order valence-electron chi connectivity index (χ1n) is 7.25. The number of aromatic amines is 1. The minimum atomic E-state index is -0.293. The van der Waals surface area contributed by atoms with Crippen molar-refractivity contribution < 1.29 is 0 Å². The van der Waals surface area contributed by atoms with Crippen molar-refractivity contribution in [1.82, 2.24) is 15.2 Å². The molecule has 0 spiro atoms. The van der Waals surface area contributed by atoms with E-state index in [2.05, 4.69) is 25.7 Å². The molecule has 1 heterocycles. The number of hydrogen-bond acceptors (Lipinski definition) is 5. The van der Waals surface area contributed by atoms with Gasteiger partial charge in [-0.1, -0.05) is 54.1 Å². The molecule has 1 aromatic heterocycles. The molecule has 3 rings (SSSR count). The van der Waals surface area contributed by atoms with Crippen LogP contribution in [0.3, 0.4) is 0 Å². The van der Waals surface area contributed by atoms with E-state index in [0.29, 0.717) is 17.1 Å². The van der Waals surface area contributed by atoms with Gasteiger partial charge >= 0.3 is 0 Å². The number of aromatic nitrogens is 3. The summed E-state index contributed by atoms with van der Waals surface area (Å²) in [5, 5.41) is 12.6. The average Bonchev–Trinajstić information content (AvgIpc) is 2.60. The van der Waals surface area contributed by atoms with Crippen molar-refractivity contribution in [3.63, 3.8) is 0 Å². The van der Waals surface area contributed by atoms with Gasteiger partial charge < -0.3 is 0 Å². The van der Waals surface area contributed by atoms with Crippen LogP contribution < -0.4 is 11.0 Å². The smallest absolute Gasteiger partial charge is 0.274 e. The third kappa shape index (κ3) is 4.27. The van der Waals surface area contributed by atoms with Crippen LogP contribution >= 0.6 is 11.6 Å². The molecule has 0 aliphatic carbocycles. The lowest BCUT2D eigenvalue weighted by Crippen LogP contribution is -2.18. The summed E-state index contributed by atoms with van der Waals surface area (Å²) in [7, 11) is 0. The highest BCUT2D eigenvalue weighted by molar-refractivity contribution is 6.30. The number of nitrogens with zero attached hydrogens (tertiary/aromatic N) is 3. The molecule has 0 radical (unpaired) electrons. The number of anilines is 1. The Balaban J connectivity index is 1.66. The van der Waals surface area contributed by atoms with Crippen LogP contribution in [0.15, 0.2) is 64.5 Å². The number of H-pyrrole nitrogens is 1. The molecule has 2 aromatic carbocycles. The number of hydrogen-bond donors (Lipinski definition) is 2. The van der Waals surface area contributed by atoms with Gasteiger partial charge in [-0.05, 0) is 23.3 Å². The lowest BCUT2D eigenvalue weighted by Gasteiger charge is -2.01. The zero-order valence-corrected chi connectivity index (χ0v) is 13.4. The second-order valence-corrected chi connectivity index (χ2v) is 5.47. The third-order valence-electron chi connectivity index (χ3n) is 3.23. The lowest BCUT2D eigenvalue weighted by molar-refractivity contribution is 0.866. The van der Waals surface area contributed by atoms with Crippen LogP contribution in [0.2, 0.25) is 5.02 Å². The number of benzene rings is 2. The first-order valence-corrected chi connectivity index (χ1v) is 7.63. The van der Waals surface area contributed by atoms with E-state index < -0.39 is 0 Å². The molecular formula is C17H14ClN5O. The maximum absolute atomic E-state index is 12.1. The highest BCUT2D eigenvalue weighted by Crippen LogP contribution is 2.08. The van der Waals surface area contributed by atoms with Gasteiger partial charge in [0.1, 0.15) is 5.69 Å². The van der Waals surface area contributed by atoms with Gasteiger partial charge in [0.25, 0.3) is 5.56 Å². The minimum Gasteiger partial charge on any atom is -0.288 e. The fraction of sp³-hybridized carbons (Fsp3) is 0.0588. The quantitative estimate of drug-likeness (QED) is 0.553. The second-order valence-electron chi connectivity index (χ2n) is 5.03. The van der Waals surface area contributed by atoms with E-state index >= 15 is 0 Å². The van der Waals surface area contributed by atoms with Gasteiger partial charge in [0.15, 0.2) is 0 Å². The molecule has 7 heteroatoms. The third-order valence-corrected chi connectivity index (χ3v) is 3.49. The van der Waals surface area contributed by atoms with Crippen LogP contribution in [0.25, 0.3) is 0 Å². The highest BCUT2D eigenvalue weighted by atomic mass is 35.5. The van der Waals surface area contributed by atoms with E-state index in [1.165, 1.54) is 0 Å². The fourth-order valence-electron chi connectivity index (χ4n) is 2.03. The van der Waals surface area contributed by atoms with Gasteiger partial charge in [-0.25, -0.2) is 5.43 Å². The molecule has 0 amide bonds. The Bertz CT molecular complexity index is 891. The van der Waals surface area contributed by atoms with Gasteiger partial charge in [0.2, 0.25) is 5.95 Å². The van der Waals surface area contributed by atoms with E-state index in [9.17, 15) is 4.79 Å². The van der Waals surface area contributed by atoms with E-state index in [1.54, 1.807) is 18.3 Å². The van der Waals surface area contributed by atoms with Crippen LogP contribution in [-0.2, 0) is 6.42 Å². The van der Waals surface area contributed by atoms with Gasteiger partial charge in [-0.15, -0.1) is 10.2 Å². The Kier molecular flexibility index (Phi) is 4.98. The largest absolute Gasteiger partial charge is 0.288 e. The summed E-state index contributed by atoms with van der Waals surface area (Å²) in [5.41, 5.74) is 4.57. The zero-order chi connectivity index (χ0) is 16.8. The summed E-state index contributed by atoms with van der Waals surface area (Å²) in [6.07, 6.45) is 2.02. The monoisotopic (exact) mass is 339 g/mol. The van der Waals surface area contributed by atoms with Crippen molar-refractivity contribution in [1.29, 1.82) is 0 Å². The van der Waals surface area contributed by atoms with Crippen LogP contribution in [0, 0.1) is 0 Å². The maximum atomic E-state index is 12.1. The first-order chi connectivity index (χ1) is 11.7. The van der Waals surface area contributed by atoms with Crippen molar-refractivity contribution in [2.75, 3.05) is 5.43 Å². The molecule has 0 bridgehead atoms. The predicted molar refractivity (Wildman–Crippen MR) is 94.6 cm³/mol. The Hall–Kier alpha value is -2.99. The van der Waals surface area contributed by atoms with Crippen molar-refractivity contribution in [2.45, 2.75) is 6.42 Å². The second kappa shape index (κ2) is 7.52. The van der Waals surface area contributed by atoms with E-state index in [4.69, 9.17) is 11.6 Å². The Morgan fingerprint density at radius 3 is 2.54 bits per heavy atom. The van der Waals surface area contributed by atoms with Gasteiger partial charge in [0, 0.05) is 11.4 Å². The topological polar surface area (TPSA) is 83.0 Å². The van der Waals surface area contributed by atoms with Crippen molar-refractivity contribution >= 4 is 23.8 Å². The number of hydrazone groups is 1.